The van der Waals surface area contributed by atoms with Crippen LogP contribution in [-0.2, 0) is 6.54 Å². The van der Waals surface area contributed by atoms with E-state index in [0.717, 1.165) is 12.1 Å². The molecule has 21 heavy (non-hydrogen) atoms. The second-order valence-electron chi connectivity index (χ2n) is 6.01. The van der Waals surface area contributed by atoms with Gasteiger partial charge < -0.3 is 5.32 Å². The fourth-order valence-electron chi connectivity index (χ4n) is 3.55. The van der Waals surface area contributed by atoms with Crippen molar-refractivity contribution in [2.75, 3.05) is 26.2 Å². The van der Waals surface area contributed by atoms with E-state index < -0.39 is 0 Å². The summed E-state index contributed by atoms with van der Waals surface area (Å²) in [5.74, 6) is 0. The molecule has 0 saturated carbocycles. The van der Waals surface area contributed by atoms with Gasteiger partial charge in [-0.05, 0) is 49.4 Å². The molecule has 1 unspecified atom stereocenters. The van der Waals surface area contributed by atoms with Crippen LogP contribution in [0.15, 0.2) is 24.3 Å². The number of nitriles is 1. The lowest BCUT2D eigenvalue weighted by Gasteiger charge is -2.34. The second kappa shape index (κ2) is 8.00. The molecule has 1 atom stereocenters. The molecule has 2 aliphatic heterocycles. The van der Waals surface area contributed by atoms with Crippen molar-refractivity contribution in [3.05, 3.63) is 35.4 Å². The first-order valence-corrected chi connectivity index (χ1v) is 7.22. The van der Waals surface area contributed by atoms with E-state index in [1.807, 2.05) is 18.2 Å². The zero-order valence-electron chi connectivity index (χ0n) is 12.2. The molecule has 2 aliphatic rings. The van der Waals surface area contributed by atoms with E-state index in [1.54, 1.807) is 0 Å². The van der Waals surface area contributed by atoms with Gasteiger partial charge in [0, 0.05) is 19.6 Å². The number of halogens is 2. The average molecular weight is 328 g/mol. The van der Waals surface area contributed by atoms with Gasteiger partial charge in [0.15, 0.2) is 0 Å². The third-order valence-corrected chi connectivity index (χ3v) is 4.61. The number of rotatable bonds is 2. The third kappa shape index (κ3) is 4.11. The number of nitrogens with zero attached hydrogens (tertiary/aromatic N) is 2. The van der Waals surface area contributed by atoms with Crippen LogP contribution in [0.3, 0.4) is 0 Å². The first-order chi connectivity index (χ1) is 9.31. The Bertz CT molecular complexity index is 493. The number of piperidine rings is 1. The standard InChI is InChI=1S/C16H21N3.2ClH/c17-10-14-4-1-2-5-15(14)11-19-9-7-16(13-19)6-3-8-18-12-16;;/h1-2,4-5,18H,3,6-9,11-13H2;2*1H. The molecule has 0 bridgehead atoms. The monoisotopic (exact) mass is 327 g/mol. The predicted octanol–water partition coefficient (Wildman–Crippen LogP) is 2.98. The van der Waals surface area contributed by atoms with Crippen molar-refractivity contribution in [3.63, 3.8) is 0 Å². The summed E-state index contributed by atoms with van der Waals surface area (Å²) >= 11 is 0. The van der Waals surface area contributed by atoms with Crippen LogP contribution in [0.2, 0.25) is 0 Å². The summed E-state index contributed by atoms with van der Waals surface area (Å²) in [6.45, 7) is 5.62. The minimum atomic E-state index is 0. The second-order valence-corrected chi connectivity index (χ2v) is 6.01. The summed E-state index contributed by atoms with van der Waals surface area (Å²) in [5.41, 5.74) is 2.50. The molecular weight excluding hydrogens is 305 g/mol. The maximum absolute atomic E-state index is 9.16. The fourth-order valence-corrected chi connectivity index (χ4v) is 3.55. The molecule has 2 saturated heterocycles. The van der Waals surface area contributed by atoms with Crippen LogP contribution in [-0.4, -0.2) is 31.1 Å². The van der Waals surface area contributed by atoms with E-state index in [-0.39, 0.29) is 24.8 Å². The highest BCUT2D eigenvalue weighted by Crippen LogP contribution is 2.37. The number of hydrogen-bond acceptors (Lipinski definition) is 3. The largest absolute Gasteiger partial charge is 0.316 e. The fraction of sp³-hybridized carbons (Fsp3) is 0.562. The van der Waals surface area contributed by atoms with Crippen molar-refractivity contribution in [3.8, 4) is 6.07 Å². The number of likely N-dealkylation sites (tertiary alicyclic amines) is 1. The SMILES string of the molecule is Cl.Cl.N#Cc1ccccc1CN1CCC2(CCCNC2)C1. The molecule has 116 valence electrons. The highest BCUT2D eigenvalue weighted by Gasteiger charge is 2.38. The van der Waals surface area contributed by atoms with Gasteiger partial charge in [0.25, 0.3) is 0 Å². The van der Waals surface area contributed by atoms with Gasteiger partial charge in [-0.1, -0.05) is 18.2 Å². The third-order valence-electron chi connectivity index (χ3n) is 4.61. The summed E-state index contributed by atoms with van der Waals surface area (Å²) < 4.78 is 0. The van der Waals surface area contributed by atoms with Crippen molar-refractivity contribution in [2.24, 2.45) is 5.41 Å². The van der Waals surface area contributed by atoms with Gasteiger partial charge in [-0.15, -0.1) is 24.8 Å². The summed E-state index contributed by atoms with van der Waals surface area (Å²) in [7, 11) is 0. The zero-order valence-corrected chi connectivity index (χ0v) is 13.8. The Morgan fingerprint density at radius 2 is 2.05 bits per heavy atom. The highest BCUT2D eigenvalue weighted by molar-refractivity contribution is 5.85. The van der Waals surface area contributed by atoms with E-state index >= 15 is 0 Å². The Morgan fingerprint density at radius 1 is 1.24 bits per heavy atom. The van der Waals surface area contributed by atoms with Crippen LogP contribution >= 0.6 is 24.8 Å². The van der Waals surface area contributed by atoms with Gasteiger partial charge >= 0.3 is 0 Å². The Hall–Kier alpha value is -0.790. The zero-order chi connectivity index (χ0) is 13.1. The highest BCUT2D eigenvalue weighted by atomic mass is 35.5. The smallest absolute Gasteiger partial charge is 0.0995 e. The molecule has 1 N–H and O–H groups in total. The number of hydrogen-bond donors (Lipinski definition) is 1. The topological polar surface area (TPSA) is 39.1 Å². The van der Waals surface area contributed by atoms with Crippen molar-refractivity contribution in [1.29, 1.82) is 5.26 Å². The quantitative estimate of drug-likeness (QED) is 0.907. The maximum atomic E-state index is 9.16. The summed E-state index contributed by atoms with van der Waals surface area (Å²) in [5, 5.41) is 12.7. The van der Waals surface area contributed by atoms with Gasteiger partial charge in [-0.2, -0.15) is 5.26 Å². The van der Waals surface area contributed by atoms with Crippen LogP contribution in [0.1, 0.15) is 30.4 Å². The minimum absolute atomic E-state index is 0. The molecule has 5 heteroatoms. The number of nitrogens with one attached hydrogen (secondary N) is 1. The van der Waals surface area contributed by atoms with Crippen LogP contribution in [0, 0.1) is 16.7 Å². The summed E-state index contributed by atoms with van der Waals surface area (Å²) in [4.78, 5) is 2.52. The van der Waals surface area contributed by atoms with Gasteiger partial charge in [0.1, 0.15) is 0 Å². The molecule has 3 rings (SSSR count). The summed E-state index contributed by atoms with van der Waals surface area (Å²) in [6.07, 6.45) is 3.97. The molecule has 2 heterocycles. The Kier molecular flexibility index (Phi) is 6.96. The normalized spacial score (nSPS) is 24.9. The van der Waals surface area contributed by atoms with E-state index in [9.17, 15) is 0 Å². The van der Waals surface area contributed by atoms with E-state index in [1.165, 1.54) is 51.0 Å². The molecule has 0 amide bonds. The van der Waals surface area contributed by atoms with Crippen molar-refractivity contribution in [2.45, 2.75) is 25.8 Å². The van der Waals surface area contributed by atoms with Crippen LogP contribution < -0.4 is 5.32 Å². The van der Waals surface area contributed by atoms with Crippen molar-refractivity contribution < 1.29 is 0 Å². The molecule has 3 nitrogen and oxygen atoms in total. The first-order valence-electron chi connectivity index (χ1n) is 7.22. The van der Waals surface area contributed by atoms with Gasteiger partial charge in [0.2, 0.25) is 0 Å². The summed E-state index contributed by atoms with van der Waals surface area (Å²) in [6, 6.07) is 10.3. The average Bonchev–Trinajstić information content (AvgIpc) is 2.83. The van der Waals surface area contributed by atoms with Crippen molar-refractivity contribution >= 4 is 24.8 Å². The number of benzene rings is 1. The predicted molar refractivity (Wildman–Crippen MR) is 90.1 cm³/mol. The van der Waals surface area contributed by atoms with E-state index in [2.05, 4.69) is 22.4 Å². The van der Waals surface area contributed by atoms with Gasteiger partial charge in [-0.3, -0.25) is 4.90 Å². The van der Waals surface area contributed by atoms with Crippen LogP contribution in [0.4, 0.5) is 0 Å². The van der Waals surface area contributed by atoms with E-state index in [4.69, 9.17) is 5.26 Å². The Labute approximate surface area is 139 Å². The Balaban J connectivity index is 0.00000110. The molecule has 0 radical (unpaired) electrons. The lowest BCUT2D eigenvalue weighted by Crippen LogP contribution is -2.41. The molecule has 1 aromatic carbocycles. The Morgan fingerprint density at radius 3 is 2.76 bits per heavy atom. The molecule has 1 spiro atoms. The van der Waals surface area contributed by atoms with Crippen molar-refractivity contribution in [1.82, 2.24) is 10.2 Å². The van der Waals surface area contributed by atoms with Gasteiger partial charge in [0.05, 0.1) is 11.6 Å². The van der Waals surface area contributed by atoms with Gasteiger partial charge in [-0.25, -0.2) is 0 Å². The molecule has 1 aromatic rings. The minimum Gasteiger partial charge on any atom is -0.316 e. The lowest BCUT2D eigenvalue weighted by molar-refractivity contribution is 0.199. The lowest BCUT2D eigenvalue weighted by atomic mass is 9.80. The first kappa shape index (κ1) is 18.3. The van der Waals surface area contributed by atoms with Crippen LogP contribution in [0.25, 0.3) is 0 Å². The maximum Gasteiger partial charge on any atom is 0.0995 e. The van der Waals surface area contributed by atoms with Crippen LogP contribution in [0.5, 0.6) is 0 Å². The van der Waals surface area contributed by atoms with E-state index in [0.29, 0.717) is 5.41 Å². The molecule has 0 aromatic heterocycles. The molecular formula is C16H23Cl2N3. The molecule has 0 aliphatic carbocycles. The molecule has 2 fully saturated rings.